The smallest absolute Gasteiger partial charge is 0.319 e. The highest BCUT2D eigenvalue weighted by atomic mass is 16.5. The van der Waals surface area contributed by atoms with E-state index >= 15 is 0 Å². The van der Waals surface area contributed by atoms with Gasteiger partial charge in [-0.1, -0.05) is 6.07 Å². The van der Waals surface area contributed by atoms with Crippen LogP contribution in [-0.2, 0) is 11.3 Å². The highest BCUT2D eigenvalue weighted by Gasteiger charge is 2.28. The lowest BCUT2D eigenvalue weighted by Gasteiger charge is -2.34. The van der Waals surface area contributed by atoms with Crippen molar-refractivity contribution >= 4 is 11.9 Å². The quantitative estimate of drug-likeness (QED) is 0.794. The molecule has 27 heavy (non-hydrogen) atoms. The highest BCUT2D eigenvalue weighted by Crippen LogP contribution is 2.20. The number of piperidine rings is 1. The lowest BCUT2D eigenvalue weighted by atomic mass is 9.96. The number of carbonyl (C=O) groups excluding carboxylic acids is 2. The molecule has 1 aliphatic rings. The van der Waals surface area contributed by atoms with E-state index in [4.69, 9.17) is 4.74 Å². The van der Waals surface area contributed by atoms with Gasteiger partial charge in [0, 0.05) is 50.4 Å². The zero-order valence-corrected chi connectivity index (χ0v) is 16.9. The van der Waals surface area contributed by atoms with E-state index < -0.39 is 0 Å². The highest BCUT2D eigenvalue weighted by molar-refractivity contribution is 5.79. The summed E-state index contributed by atoms with van der Waals surface area (Å²) < 4.78 is 5.70. The number of aromatic nitrogens is 1. The molecule has 2 heterocycles. The monoisotopic (exact) mass is 376 g/mol. The Morgan fingerprint density at radius 2 is 1.96 bits per heavy atom. The molecule has 0 aliphatic carbocycles. The molecule has 0 aromatic carbocycles. The molecular weight excluding hydrogens is 344 g/mol. The maximum Gasteiger partial charge on any atom is 0.319 e. The summed E-state index contributed by atoms with van der Waals surface area (Å²) in [4.78, 5) is 32.9. The molecule has 7 heteroatoms. The van der Waals surface area contributed by atoms with Gasteiger partial charge in [0.25, 0.3) is 0 Å². The Labute approximate surface area is 162 Å². The van der Waals surface area contributed by atoms with Crippen LogP contribution in [-0.4, -0.2) is 59.0 Å². The van der Waals surface area contributed by atoms with Crippen LogP contribution in [0.3, 0.4) is 0 Å². The predicted molar refractivity (Wildman–Crippen MR) is 104 cm³/mol. The number of nitrogens with one attached hydrogen (secondary N) is 1. The van der Waals surface area contributed by atoms with Crippen LogP contribution in [0.15, 0.2) is 18.3 Å². The van der Waals surface area contributed by atoms with E-state index in [0.29, 0.717) is 51.4 Å². The zero-order chi connectivity index (χ0) is 19.8. The number of amides is 3. The molecule has 3 amide bonds. The summed E-state index contributed by atoms with van der Waals surface area (Å²) in [5.74, 6) is 0.536. The molecule has 0 bridgehead atoms. The molecule has 0 saturated carbocycles. The third-order valence-corrected chi connectivity index (χ3v) is 4.82. The van der Waals surface area contributed by atoms with Crippen molar-refractivity contribution < 1.29 is 14.3 Å². The van der Waals surface area contributed by atoms with Crippen molar-refractivity contribution in [2.24, 2.45) is 5.92 Å². The van der Waals surface area contributed by atoms with E-state index in [-0.39, 0.29) is 24.0 Å². The Kier molecular flexibility index (Phi) is 7.88. The number of urea groups is 1. The number of likely N-dealkylation sites (tertiary alicyclic amines) is 1. The second-order valence-electron chi connectivity index (χ2n) is 7.07. The summed E-state index contributed by atoms with van der Waals surface area (Å²) in [7, 11) is 0. The molecule has 1 aromatic rings. The lowest BCUT2D eigenvalue weighted by molar-refractivity contribution is -0.126. The van der Waals surface area contributed by atoms with Gasteiger partial charge in [-0.15, -0.1) is 0 Å². The number of hydrogen-bond donors (Lipinski definition) is 1. The zero-order valence-electron chi connectivity index (χ0n) is 16.9. The normalized spacial score (nSPS) is 14.9. The van der Waals surface area contributed by atoms with Gasteiger partial charge in [0.05, 0.1) is 6.10 Å². The maximum absolute atomic E-state index is 12.5. The van der Waals surface area contributed by atoms with Gasteiger partial charge in [0.15, 0.2) is 0 Å². The molecule has 7 nitrogen and oxygen atoms in total. The summed E-state index contributed by atoms with van der Waals surface area (Å²) in [6.45, 7) is 10.9. The van der Waals surface area contributed by atoms with Crippen LogP contribution in [0.4, 0.5) is 4.79 Å². The molecule has 2 rings (SSSR count). The molecule has 1 aliphatic heterocycles. The minimum Gasteiger partial charge on any atom is -0.475 e. The number of ether oxygens (including phenoxy) is 1. The molecule has 0 radical (unpaired) electrons. The van der Waals surface area contributed by atoms with Gasteiger partial charge >= 0.3 is 6.03 Å². The van der Waals surface area contributed by atoms with Crippen molar-refractivity contribution in [2.45, 2.75) is 53.2 Å². The Morgan fingerprint density at radius 1 is 1.30 bits per heavy atom. The Morgan fingerprint density at radius 3 is 2.56 bits per heavy atom. The number of nitrogens with zero attached hydrogens (tertiary/aromatic N) is 3. The van der Waals surface area contributed by atoms with E-state index in [1.54, 1.807) is 6.20 Å². The van der Waals surface area contributed by atoms with Crippen LogP contribution in [0, 0.1) is 5.92 Å². The van der Waals surface area contributed by atoms with Crippen molar-refractivity contribution in [3.05, 3.63) is 23.9 Å². The molecule has 1 fully saturated rings. The van der Waals surface area contributed by atoms with Crippen LogP contribution < -0.4 is 10.1 Å². The van der Waals surface area contributed by atoms with Crippen LogP contribution in [0.25, 0.3) is 0 Å². The van der Waals surface area contributed by atoms with Gasteiger partial charge in [-0.25, -0.2) is 9.78 Å². The van der Waals surface area contributed by atoms with E-state index in [1.165, 1.54) is 0 Å². The number of rotatable bonds is 7. The molecule has 0 spiro atoms. The molecule has 1 N–H and O–H groups in total. The summed E-state index contributed by atoms with van der Waals surface area (Å²) in [6.07, 6.45) is 3.11. The molecule has 1 aromatic heterocycles. The Hall–Kier alpha value is -2.31. The average Bonchev–Trinajstić information content (AvgIpc) is 2.67. The van der Waals surface area contributed by atoms with Gasteiger partial charge in [-0.3, -0.25) is 4.79 Å². The van der Waals surface area contributed by atoms with Crippen LogP contribution in [0.2, 0.25) is 0 Å². The molecule has 0 unspecified atom stereocenters. The summed E-state index contributed by atoms with van der Waals surface area (Å²) >= 11 is 0. The number of carbonyl (C=O) groups is 2. The largest absolute Gasteiger partial charge is 0.475 e. The standard InChI is InChI=1S/C20H32N4O3/c1-5-23(6-2)20(26)24-12-9-16(10-13-24)18(25)22-14-17-8-7-11-21-19(17)27-15(3)4/h7-8,11,15-16H,5-6,9-10,12-14H2,1-4H3,(H,22,25). The summed E-state index contributed by atoms with van der Waals surface area (Å²) in [5, 5.41) is 3.00. The SMILES string of the molecule is CCN(CC)C(=O)N1CCC(C(=O)NCc2cccnc2OC(C)C)CC1. The minimum atomic E-state index is -0.0584. The van der Waals surface area contributed by atoms with Crippen LogP contribution >= 0.6 is 0 Å². The number of hydrogen-bond acceptors (Lipinski definition) is 4. The first-order chi connectivity index (χ1) is 13.0. The second-order valence-corrected chi connectivity index (χ2v) is 7.07. The fourth-order valence-corrected chi connectivity index (χ4v) is 3.24. The third-order valence-electron chi connectivity index (χ3n) is 4.82. The van der Waals surface area contributed by atoms with Crippen molar-refractivity contribution in [3.8, 4) is 5.88 Å². The fraction of sp³-hybridized carbons (Fsp3) is 0.650. The third kappa shape index (κ3) is 5.84. The first-order valence-corrected chi connectivity index (χ1v) is 9.88. The molecule has 1 saturated heterocycles. The van der Waals surface area contributed by atoms with Gasteiger partial charge in [0.2, 0.25) is 11.8 Å². The first kappa shape index (κ1) is 21.0. The van der Waals surface area contributed by atoms with Crippen molar-refractivity contribution in [2.75, 3.05) is 26.2 Å². The summed E-state index contributed by atoms with van der Waals surface area (Å²) in [5.41, 5.74) is 0.869. The van der Waals surface area contributed by atoms with Gasteiger partial charge in [-0.2, -0.15) is 0 Å². The molecule has 150 valence electrons. The topological polar surface area (TPSA) is 74.8 Å². The first-order valence-electron chi connectivity index (χ1n) is 9.88. The summed E-state index contributed by atoms with van der Waals surface area (Å²) in [6, 6.07) is 3.83. The van der Waals surface area contributed by atoms with E-state index in [9.17, 15) is 9.59 Å². The maximum atomic E-state index is 12.5. The van der Waals surface area contributed by atoms with Crippen LogP contribution in [0.1, 0.15) is 46.1 Å². The van der Waals surface area contributed by atoms with Crippen molar-refractivity contribution in [1.82, 2.24) is 20.1 Å². The van der Waals surface area contributed by atoms with Crippen molar-refractivity contribution in [3.63, 3.8) is 0 Å². The van der Waals surface area contributed by atoms with Gasteiger partial charge in [0.1, 0.15) is 0 Å². The van der Waals surface area contributed by atoms with Crippen molar-refractivity contribution in [1.29, 1.82) is 0 Å². The Balaban J connectivity index is 1.84. The van der Waals surface area contributed by atoms with Gasteiger partial charge in [-0.05, 0) is 46.6 Å². The van der Waals surface area contributed by atoms with E-state index in [1.807, 2.05) is 49.6 Å². The predicted octanol–water partition coefficient (Wildman–Crippen LogP) is 2.66. The van der Waals surface area contributed by atoms with Crippen LogP contribution in [0.5, 0.6) is 5.88 Å². The average molecular weight is 377 g/mol. The Bertz CT molecular complexity index is 623. The molecule has 0 atom stereocenters. The lowest BCUT2D eigenvalue weighted by Crippen LogP contribution is -2.48. The van der Waals surface area contributed by atoms with E-state index in [0.717, 1.165) is 5.56 Å². The minimum absolute atomic E-state index is 0.0297. The fourth-order valence-electron chi connectivity index (χ4n) is 3.24. The molecular formula is C20H32N4O3. The second kappa shape index (κ2) is 10.1. The number of pyridine rings is 1. The van der Waals surface area contributed by atoms with Gasteiger partial charge < -0.3 is 19.9 Å². The van der Waals surface area contributed by atoms with E-state index in [2.05, 4.69) is 10.3 Å².